The molecule has 4 heteroatoms. The lowest BCUT2D eigenvalue weighted by atomic mass is 10.0. The Morgan fingerprint density at radius 3 is 3.00 bits per heavy atom. The second-order valence-electron chi connectivity index (χ2n) is 4.78. The van der Waals surface area contributed by atoms with Crippen LogP contribution in [-0.2, 0) is 11.2 Å². The summed E-state index contributed by atoms with van der Waals surface area (Å²) in [7, 11) is 1.39. The molecule has 1 aliphatic rings. The highest BCUT2D eigenvalue weighted by molar-refractivity contribution is 5.90. The summed E-state index contributed by atoms with van der Waals surface area (Å²) >= 11 is 0. The molecule has 0 unspecified atom stereocenters. The predicted molar refractivity (Wildman–Crippen MR) is 77.3 cm³/mol. The Bertz CT molecular complexity index is 640. The Morgan fingerprint density at radius 2 is 2.15 bits per heavy atom. The quantitative estimate of drug-likeness (QED) is 0.785. The summed E-state index contributed by atoms with van der Waals surface area (Å²) in [6.45, 7) is 0.911. The molecule has 0 radical (unpaired) electrons. The SMILES string of the molecule is COC(=O)c1ccnc(N2CCCc3ccccc32)c1. The number of ether oxygens (including phenoxy) is 1. The molecule has 1 aromatic heterocycles. The van der Waals surface area contributed by atoms with Crippen LogP contribution in [0.1, 0.15) is 22.3 Å². The maximum Gasteiger partial charge on any atom is 0.338 e. The molecule has 0 atom stereocenters. The Balaban J connectivity index is 2.00. The van der Waals surface area contributed by atoms with Crippen molar-refractivity contribution in [2.45, 2.75) is 12.8 Å². The van der Waals surface area contributed by atoms with Crippen LogP contribution in [0.3, 0.4) is 0 Å². The lowest BCUT2D eigenvalue weighted by Crippen LogP contribution is -2.25. The Labute approximate surface area is 118 Å². The highest BCUT2D eigenvalue weighted by atomic mass is 16.5. The number of fused-ring (bicyclic) bond motifs is 1. The summed E-state index contributed by atoms with van der Waals surface area (Å²) in [5.74, 6) is 0.457. The normalized spacial score (nSPS) is 13.8. The summed E-state index contributed by atoms with van der Waals surface area (Å²) in [4.78, 5) is 18.2. The highest BCUT2D eigenvalue weighted by Crippen LogP contribution is 2.32. The number of hydrogen-bond acceptors (Lipinski definition) is 4. The van der Waals surface area contributed by atoms with Crippen LogP contribution < -0.4 is 4.90 Å². The van der Waals surface area contributed by atoms with Gasteiger partial charge in [-0.3, -0.25) is 0 Å². The van der Waals surface area contributed by atoms with Gasteiger partial charge >= 0.3 is 5.97 Å². The minimum absolute atomic E-state index is 0.334. The van der Waals surface area contributed by atoms with Crippen molar-refractivity contribution >= 4 is 17.5 Å². The van der Waals surface area contributed by atoms with E-state index in [0.29, 0.717) is 5.56 Å². The smallest absolute Gasteiger partial charge is 0.338 e. The zero-order valence-corrected chi connectivity index (χ0v) is 11.4. The first-order chi connectivity index (χ1) is 9.79. The molecule has 0 saturated heterocycles. The summed E-state index contributed by atoms with van der Waals surface area (Å²) in [5, 5.41) is 0. The molecule has 0 fully saturated rings. The Morgan fingerprint density at radius 1 is 1.30 bits per heavy atom. The maximum atomic E-state index is 11.6. The van der Waals surface area contributed by atoms with Crippen LogP contribution in [0.4, 0.5) is 11.5 Å². The van der Waals surface area contributed by atoms with E-state index in [1.54, 1.807) is 18.3 Å². The van der Waals surface area contributed by atoms with Gasteiger partial charge in [-0.1, -0.05) is 18.2 Å². The number of aryl methyl sites for hydroxylation is 1. The van der Waals surface area contributed by atoms with Crippen molar-refractivity contribution in [3.63, 3.8) is 0 Å². The third-order valence-electron chi connectivity index (χ3n) is 3.55. The predicted octanol–water partition coefficient (Wildman–Crippen LogP) is 2.95. The highest BCUT2D eigenvalue weighted by Gasteiger charge is 2.19. The number of anilines is 2. The Kier molecular flexibility index (Phi) is 3.37. The van der Waals surface area contributed by atoms with Gasteiger partial charge in [-0.25, -0.2) is 9.78 Å². The fraction of sp³-hybridized carbons (Fsp3) is 0.250. The maximum absolute atomic E-state index is 11.6. The number of methoxy groups -OCH3 is 1. The number of carbonyl (C=O) groups is 1. The van der Waals surface area contributed by atoms with Gasteiger partial charge in [0.2, 0.25) is 0 Å². The third-order valence-corrected chi connectivity index (χ3v) is 3.55. The summed E-state index contributed by atoms with van der Waals surface area (Å²) in [6, 6.07) is 11.8. The number of para-hydroxylation sites is 1. The van der Waals surface area contributed by atoms with E-state index in [1.807, 2.05) is 6.07 Å². The van der Waals surface area contributed by atoms with E-state index in [1.165, 1.54) is 18.4 Å². The molecular formula is C16H16N2O2. The number of esters is 1. The summed E-state index contributed by atoms with van der Waals surface area (Å²) in [6.07, 6.45) is 3.82. The average Bonchev–Trinajstić information content (AvgIpc) is 2.53. The number of hydrogen-bond donors (Lipinski definition) is 0. The molecule has 0 amide bonds. The van der Waals surface area contributed by atoms with Gasteiger partial charge in [-0.05, 0) is 36.6 Å². The second kappa shape index (κ2) is 5.33. The molecule has 0 spiro atoms. The number of carbonyl (C=O) groups excluding carboxylic acids is 1. The topological polar surface area (TPSA) is 42.4 Å². The van der Waals surface area contributed by atoms with Crippen LogP contribution in [0.15, 0.2) is 42.6 Å². The molecule has 0 aliphatic carbocycles. The molecule has 2 aromatic rings. The van der Waals surface area contributed by atoms with Gasteiger partial charge in [0.05, 0.1) is 12.7 Å². The first-order valence-corrected chi connectivity index (χ1v) is 6.69. The molecule has 102 valence electrons. The van der Waals surface area contributed by atoms with Crippen LogP contribution in [0.2, 0.25) is 0 Å². The van der Waals surface area contributed by atoms with E-state index >= 15 is 0 Å². The molecule has 1 aromatic carbocycles. The van der Waals surface area contributed by atoms with E-state index in [0.717, 1.165) is 25.2 Å². The lowest BCUT2D eigenvalue weighted by molar-refractivity contribution is 0.0600. The number of rotatable bonds is 2. The van der Waals surface area contributed by atoms with E-state index in [9.17, 15) is 4.79 Å². The molecule has 0 N–H and O–H groups in total. The van der Waals surface area contributed by atoms with Crippen LogP contribution >= 0.6 is 0 Å². The fourth-order valence-electron chi connectivity index (χ4n) is 2.58. The summed E-state index contributed by atoms with van der Waals surface area (Å²) < 4.78 is 4.76. The minimum Gasteiger partial charge on any atom is -0.465 e. The van der Waals surface area contributed by atoms with Gasteiger partial charge in [-0.15, -0.1) is 0 Å². The van der Waals surface area contributed by atoms with Crippen LogP contribution in [0, 0.1) is 0 Å². The van der Waals surface area contributed by atoms with Crippen molar-refractivity contribution in [2.75, 3.05) is 18.6 Å². The first kappa shape index (κ1) is 12.7. The molecule has 20 heavy (non-hydrogen) atoms. The van der Waals surface area contributed by atoms with Crippen molar-refractivity contribution in [3.05, 3.63) is 53.7 Å². The number of aromatic nitrogens is 1. The van der Waals surface area contributed by atoms with Gasteiger partial charge < -0.3 is 9.64 Å². The lowest BCUT2D eigenvalue weighted by Gasteiger charge is -2.30. The van der Waals surface area contributed by atoms with Gasteiger partial charge in [0.1, 0.15) is 5.82 Å². The van der Waals surface area contributed by atoms with Gasteiger partial charge in [0.15, 0.2) is 0 Å². The monoisotopic (exact) mass is 268 g/mol. The average molecular weight is 268 g/mol. The standard InChI is InChI=1S/C16H16N2O2/c1-20-16(19)13-8-9-17-15(11-13)18-10-4-6-12-5-2-3-7-14(12)18/h2-3,5,7-9,11H,4,6,10H2,1H3. The molecule has 3 rings (SSSR count). The van der Waals surface area contributed by atoms with Crippen molar-refractivity contribution in [2.24, 2.45) is 0 Å². The van der Waals surface area contributed by atoms with Gasteiger partial charge in [0.25, 0.3) is 0 Å². The molecule has 1 aliphatic heterocycles. The molecule has 0 saturated carbocycles. The number of benzene rings is 1. The van der Waals surface area contributed by atoms with Crippen LogP contribution in [0.5, 0.6) is 0 Å². The fourth-order valence-corrected chi connectivity index (χ4v) is 2.58. The van der Waals surface area contributed by atoms with Crippen molar-refractivity contribution in [1.29, 1.82) is 0 Å². The first-order valence-electron chi connectivity index (χ1n) is 6.69. The molecule has 0 bridgehead atoms. The van der Waals surface area contributed by atoms with E-state index < -0.39 is 0 Å². The van der Waals surface area contributed by atoms with Crippen LogP contribution in [0.25, 0.3) is 0 Å². The van der Waals surface area contributed by atoms with E-state index in [2.05, 4.69) is 28.1 Å². The van der Waals surface area contributed by atoms with E-state index in [4.69, 9.17) is 4.74 Å². The van der Waals surface area contributed by atoms with Crippen molar-refractivity contribution < 1.29 is 9.53 Å². The number of pyridine rings is 1. The second-order valence-corrected chi connectivity index (χ2v) is 4.78. The van der Waals surface area contributed by atoms with Gasteiger partial charge in [-0.2, -0.15) is 0 Å². The zero-order valence-electron chi connectivity index (χ0n) is 11.4. The Hall–Kier alpha value is -2.36. The van der Waals surface area contributed by atoms with Crippen molar-refractivity contribution in [1.82, 2.24) is 4.98 Å². The molecular weight excluding hydrogens is 252 g/mol. The van der Waals surface area contributed by atoms with E-state index in [-0.39, 0.29) is 5.97 Å². The third kappa shape index (κ3) is 2.25. The zero-order chi connectivity index (χ0) is 13.9. The minimum atomic E-state index is -0.334. The van der Waals surface area contributed by atoms with Gasteiger partial charge in [0, 0.05) is 18.4 Å². The van der Waals surface area contributed by atoms with Crippen molar-refractivity contribution in [3.8, 4) is 0 Å². The number of nitrogens with zero attached hydrogens (tertiary/aromatic N) is 2. The molecule has 2 heterocycles. The molecule has 4 nitrogen and oxygen atoms in total. The van der Waals surface area contributed by atoms with Crippen LogP contribution in [-0.4, -0.2) is 24.6 Å². The summed E-state index contributed by atoms with van der Waals surface area (Å²) in [5.41, 5.74) is 3.03. The largest absolute Gasteiger partial charge is 0.465 e.